The number of hydrogen-bond donors (Lipinski definition) is 1. The molecule has 0 aliphatic rings. The number of aryl methyl sites for hydroxylation is 2. The number of hydrogen-bond acceptors (Lipinski definition) is 3. The van der Waals surface area contributed by atoms with E-state index in [2.05, 4.69) is 23.8 Å². The van der Waals surface area contributed by atoms with Crippen molar-refractivity contribution in [3.63, 3.8) is 0 Å². The number of aromatic nitrogens is 1. The molecule has 0 aliphatic carbocycles. The molecule has 0 saturated carbocycles. The fraction of sp³-hybridized carbons (Fsp3) is 0.444. The molecule has 0 radical (unpaired) electrons. The second kappa shape index (κ2) is 4.38. The average molecular weight is 182 g/mol. The summed E-state index contributed by atoms with van der Waals surface area (Å²) in [5.41, 5.74) is 1.15. The van der Waals surface area contributed by atoms with E-state index in [0.29, 0.717) is 0 Å². The van der Waals surface area contributed by atoms with Gasteiger partial charge in [-0.15, -0.1) is 17.9 Å². The van der Waals surface area contributed by atoms with E-state index in [1.54, 1.807) is 11.3 Å². The molecule has 0 fully saturated rings. The second-order valence-corrected chi connectivity index (χ2v) is 3.95. The highest BCUT2D eigenvalue weighted by molar-refractivity contribution is 7.11. The molecule has 2 nitrogen and oxygen atoms in total. The third kappa shape index (κ3) is 2.43. The maximum absolute atomic E-state index is 4.34. The summed E-state index contributed by atoms with van der Waals surface area (Å²) in [6.07, 6.45) is 1.86. The quantitative estimate of drug-likeness (QED) is 0.569. The lowest BCUT2D eigenvalue weighted by atomic mass is 10.4. The zero-order valence-corrected chi connectivity index (χ0v) is 8.37. The van der Waals surface area contributed by atoms with Gasteiger partial charge in [0.05, 0.1) is 10.7 Å². The van der Waals surface area contributed by atoms with Crippen molar-refractivity contribution in [3.05, 3.63) is 28.2 Å². The monoisotopic (exact) mass is 182 g/mol. The predicted molar refractivity (Wildman–Crippen MR) is 53.5 cm³/mol. The van der Waals surface area contributed by atoms with Gasteiger partial charge in [-0.05, 0) is 13.8 Å². The highest BCUT2D eigenvalue weighted by Gasteiger charge is 2.02. The van der Waals surface area contributed by atoms with Crippen molar-refractivity contribution < 1.29 is 0 Å². The lowest BCUT2D eigenvalue weighted by molar-refractivity contribution is 0.765. The molecule has 0 aliphatic heterocycles. The first-order chi connectivity index (χ1) is 5.74. The van der Waals surface area contributed by atoms with E-state index in [-0.39, 0.29) is 0 Å². The van der Waals surface area contributed by atoms with Crippen LogP contribution in [0.2, 0.25) is 0 Å². The Hall–Kier alpha value is -0.670. The minimum absolute atomic E-state index is 0.858. The Morgan fingerprint density at radius 1 is 1.58 bits per heavy atom. The third-order valence-electron chi connectivity index (χ3n) is 1.57. The molecule has 0 amide bonds. The van der Waals surface area contributed by atoms with Gasteiger partial charge in [0, 0.05) is 18.0 Å². The van der Waals surface area contributed by atoms with Gasteiger partial charge in [0.1, 0.15) is 0 Å². The maximum Gasteiger partial charge on any atom is 0.0900 e. The van der Waals surface area contributed by atoms with Crippen LogP contribution in [0.1, 0.15) is 15.6 Å². The largest absolute Gasteiger partial charge is 0.308 e. The fourth-order valence-electron chi connectivity index (χ4n) is 1.03. The van der Waals surface area contributed by atoms with Crippen molar-refractivity contribution in [3.8, 4) is 0 Å². The minimum Gasteiger partial charge on any atom is -0.308 e. The lowest BCUT2D eigenvalue weighted by Gasteiger charge is -1.97. The molecule has 1 aromatic rings. The Kier molecular flexibility index (Phi) is 3.44. The van der Waals surface area contributed by atoms with E-state index in [9.17, 15) is 0 Å². The number of nitrogens with zero attached hydrogens (tertiary/aromatic N) is 1. The van der Waals surface area contributed by atoms with Crippen molar-refractivity contribution in [2.75, 3.05) is 6.54 Å². The minimum atomic E-state index is 0.858. The zero-order valence-electron chi connectivity index (χ0n) is 7.55. The Morgan fingerprint density at radius 2 is 2.33 bits per heavy atom. The summed E-state index contributed by atoms with van der Waals surface area (Å²) in [5, 5.41) is 4.40. The van der Waals surface area contributed by atoms with Gasteiger partial charge in [0.2, 0.25) is 0 Å². The summed E-state index contributed by atoms with van der Waals surface area (Å²) >= 11 is 1.76. The van der Waals surface area contributed by atoms with Crippen LogP contribution in [0.5, 0.6) is 0 Å². The van der Waals surface area contributed by atoms with E-state index in [0.717, 1.165) is 23.8 Å². The molecule has 1 heterocycles. The SMILES string of the molecule is C=CCNCc1sc(C)nc1C. The van der Waals surface area contributed by atoms with Crippen molar-refractivity contribution in [2.24, 2.45) is 0 Å². The van der Waals surface area contributed by atoms with Crippen LogP contribution in [0.3, 0.4) is 0 Å². The molecule has 1 N–H and O–H groups in total. The van der Waals surface area contributed by atoms with Crippen LogP contribution in [-0.2, 0) is 6.54 Å². The first-order valence-electron chi connectivity index (χ1n) is 3.98. The van der Waals surface area contributed by atoms with E-state index >= 15 is 0 Å². The summed E-state index contributed by atoms with van der Waals surface area (Å²) in [7, 11) is 0. The number of thiazole rings is 1. The van der Waals surface area contributed by atoms with Gasteiger partial charge in [-0.2, -0.15) is 0 Å². The van der Waals surface area contributed by atoms with Gasteiger partial charge in [-0.25, -0.2) is 4.98 Å². The molecular weight excluding hydrogens is 168 g/mol. The molecule has 0 saturated heterocycles. The lowest BCUT2D eigenvalue weighted by Crippen LogP contribution is -2.12. The topological polar surface area (TPSA) is 24.9 Å². The molecule has 3 heteroatoms. The normalized spacial score (nSPS) is 10.2. The summed E-state index contributed by atoms with van der Waals surface area (Å²) in [5.74, 6) is 0. The Bertz CT molecular complexity index is 265. The first-order valence-corrected chi connectivity index (χ1v) is 4.80. The van der Waals surface area contributed by atoms with Crippen LogP contribution < -0.4 is 5.32 Å². The van der Waals surface area contributed by atoms with E-state index in [1.165, 1.54) is 4.88 Å². The van der Waals surface area contributed by atoms with E-state index < -0.39 is 0 Å². The summed E-state index contributed by atoms with van der Waals surface area (Å²) < 4.78 is 0. The Morgan fingerprint density at radius 3 is 2.83 bits per heavy atom. The first kappa shape index (κ1) is 9.42. The van der Waals surface area contributed by atoms with E-state index in [4.69, 9.17) is 0 Å². The summed E-state index contributed by atoms with van der Waals surface area (Å²) in [4.78, 5) is 5.67. The number of nitrogens with one attached hydrogen (secondary N) is 1. The van der Waals surface area contributed by atoms with Crippen molar-refractivity contribution in [1.29, 1.82) is 0 Å². The molecular formula is C9H14N2S. The van der Waals surface area contributed by atoms with Gasteiger partial charge in [-0.3, -0.25) is 0 Å². The standard InChI is InChI=1S/C9H14N2S/c1-4-5-10-6-9-7(2)11-8(3)12-9/h4,10H,1,5-6H2,2-3H3. The molecule has 12 heavy (non-hydrogen) atoms. The van der Waals surface area contributed by atoms with Crippen LogP contribution in [0, 0.1) is 13.8 Å². The van der Waals surface area contributed by atoms with Gasteiger partial charge in [0.15, 0.2) is 0 Å². The van der Waals surface area contributed by atoms with Gasteiger partial charge in [0.25, 0.3) is 0 Å². The van der Waals surface area contributed by atoms with Crippen LogP contribution >= 0.6 is 11.3 Å². The highest BCUT2D eigenvalue weighted by atomic mass is 32.1. The Labute approximate surface area is 77.3 Å². The molecule has 1 aromatic heterocycles. The molecule has 0 bridgehead atoms. The van der Waals surface area contributed by atoms with Crippen molar-refractivity contribution in [1.82, 2.24) is 10.3 Å². The summed E-state index contributed by atoms with van der Waals surface area (Å²) in [6, 6.07) is 0. The van der Waals surface area contributed by atoms with Crippen LogP contribution in [0.4, 0.5) is 0 Å². The molecule has 0 atom stereocenters. The predicted octanol–water partition coefficient (Wildman–Crippen LogP) is 2.04. The van der Waals surface area contributed by atoms with E-state index in [1.807, 2.05) is 13.0 Å². The number of rotatable bonds is 4. The zero-order chi connectivity index (χ0) is 8.97. The Balaban J connectivity index is 2.50. The molecule has 0 spiro atoms. The van der Waals surface area contributed by atoms with Crippen molar-refractivity contribution >= 4 is 11.3 Å². The highest BCUT2D eigenvalue weighted by Crippen LogP contribution is 2.16. The molecule has 0 aromatic carbocycles. The van der Waals surface area contributed by atoms with Crippen molar-refractivity contribution in [2.45, 2.75) is 20.4 Å². The third-order valence-corrected chi connectivity index (χ3v) is 2.65. The van der Waals surface area contributed by atoms with Gasteiger partial charge >= 0.3 is 0 Å². The smallest absolute Gasteiger partial charge is 0.0900 e. The van der Waals surface area contributed by atoms with Gasteiger partial charge in [-0.1, -0.05) is 6.08 Å². The average Bonchev–Trinajstić information content (AvgIpc) is 2.31. The second-order valence-electron chi connectivity index (χ2n) is 2.66. The molecule has 1 rings (SSSR count). The van der Waals surface area contributed by atoms with Crippen LogP contribution in [0.25, 0.3) is 0 Å². The van der Waals surface area contributed by atoms with Crippen LogP contribution in [-0.4, -0.2) is 11.5 Å². The maximum atomic E-state index is 4.34. The summed E-state index contributed by atoms with van der Waals surface area (Å²) in [6.45, 7) is 9.49. The molecule has 66 valence electrons. The van der Waals surface area contributed by atoms with Gasteiger partial charge < -0.3 is 5.32 Å². The van der Waals surface area contributed by atoms with Crippen LogP contribution in [0.15, 0.2) is 12.7 Å². The fourth-order valence-corrected chi connectivity index (χ4v) is 1.93. The molecule has 0 unspecified atom stereocenters.